The van der Waals surface area contributed by atoms with Crippen molar-refractivity contribution in [3.63, 3.8) is 0 Å². The molecule has 120 valence electrons. The van der Waals surface area contributed by atoms with E-state index in [1.165, 1.54) is 7.11 Å². The fraction of sp³-hybridized carbons (Fsp3) is 0.786. The molecule has 0 aliphatic rings. The van der Waals surface area contributed by atoms with Crippen LogP contribution in [0.5, 0.6) is 0 Å². The fourth-order valence-corrected chi connectivity index (χ4v) is 4.06. The zero-order chi connectivity index (χ0) is 15.9. The van der Waals surface area contributed by atoms with Crippen molar-refractivity contribution < 1.29 is 9.53 Å². The number of esters is 1. The molecule has 0 amide bonds. The molecule has 5 nitrogen and oxygen atoms in total. The highest BCUT2D eigenvalue weighted by Gasteiger charge is 2.33. The van der Waals surface area contributed by atoms with E-state index in [1.807, 2.05) is 27.7 Å². The summed E-state index contributed by atoms with van der Waals surface area (Å²) in [4.78, 5) is 12.0. The Morgan fingerprint density at radius 2 is 2.14 bits per heavy atom. The summed E-state index contributed by atoms with van der Waals surface area (Å²) >= 11 is 3.35. The molecular formula is C14H25N3O2S2. The van der Waals surface area contributed by atoms with E-state index in [2.05, 4.69) is 15.5 Å². The van der Waals surface area contributed by atoms with Gasteiger partial charge in [0.25, 0.3) is 0 Å². The first-order valence-corrected chi connectivity index (χ1v) is 8.96. The Labute approximate surface area is 135 Å². The van der Waals surface area contributed by atoms with Gasteiger partial charge in [0.05, 0.1) is 7.11 Å². The van der Waals surface area contributed by atoms with Crippen molar-refractivity contribution in [3.05, 3.63) is 5.01 Å². The zero-order valence-corrected chi connectivity index (χ0v) is 15.1. The molecule has 0 aliphatic carbocycles. The van der Waals surface area contributed by atoms with E-state index in [0.29, 0.717) is 0 Å². The van der Waals surface area contributed by atoms with Crippen molar-refractivity contribution in [2.75, 3.05) is 12.9 Å². The number of aromatic nitrogens is 2. The molecular weight excluding hydrogens is 306 g/mol. The predicted octanol–water partition coefficient (Wildman–Crippen LogP) is 3.04. The van der Waals surface area contributed by atoms with E-state index in [4.69, 9.17) is 4.74 Å². The summed E-state index contributed by atoms with van der Waals surface area (Å²) in [5.74, 6) is 0.803. The number of carbonyl (C=O) groups is 1. The number of hydrogen-bond donors (Lipinski definition) is 1. The lowest BCUT2D eigenvalue weighted by atomic mass is 9.94. The lowest BCUT2D eigenvalue weighted by Crippen LogP contribution is -2.52. The Balaban J connectivity index is 2.34. The van der Waals surface area contributed by atoms with Gasteiger partial charge in [-0.1, -0.05) is 29.5 Å². The van der Waals surface area contributed by atoms with Gasteiger partial charge in [-0.25, -0.2) is 0 Å². The standard InChI is InChI=1S/C14H25N3O2S2/c1-10(2)15-14(4,12(18)19-5)8-6-7-9-20-13-17-16-11(3)21-13/h10,15H,6-9H2,1-5H3. The summed E-state index contributed by atoms with van der Waals surface area (Å²) in [5.41, 5.74) is -0.604. The summed E-state index contributed by atoms with van der Waals surface area (Å²) in [7, 11) is 1.44. The van der Waals surface area contributed by atoms with Gasteiger partial charge in [0.15, 0.2) is 4.34 Å². The molecule has 0 spiro atoms. The van der Waals surface area contributed by atoms with Crippen LogP contribution in [0.25, 0.3) is 0 Å². The van der Waals surface area contributed by atoms with E-state index >= 15 is 0 Å². The van der Waals surface area contributed by atoms with Crippen LogP contribution in [0.2, 0.25) is 0 Å². The maximum Gasteiger partial charge on any atom is 0.325 e. The molecule has 1 atom stereocenters. The second-order valence-corrected chi connectivity index (χ2v) is 8.04. The second-order valence-electron chi connectivity index (χ2n) is 5.52. The molecule has 21 heavy (non-hydrogen) atoms. The minimum Gasteiger partial charge on any atom is -0.468 e. The SMILES string of the molecule is COC(=O)C(C)(CCCCSc1nnc(C)s1)NC(C)C. The molecule has 0 saturated heterocycles. The summed E-state index contributed by atoms with van der Waals surface area (Å²) < 4.78 is 5.94. The number of hydrogen-bond acceptors (Lipinski definition) is 7. The maximum absolute atomic E-state index is 12.0. The Hall–Kier alpha value is -0.660. The van der Waals surface area contributed by atoms with Crippen LogP contribution >= 0.6 is 23.1 Å². The van der Waals surface area contributed by atoms with Crippen LogP contribution in [-0.2, 0) is 9.53 Å². The molecule has 0 saturated carbocycles. The van der Waals surface area contributed by atoms with Gasteiger partial charge in [-0.2, -0.15) is 0 Å². The van der Waals surface area contributed by atoms with E-state index in [-0.39, 0.29) is 12.0 Å². The van der Waals surface area contributed by atoms with E-state index in [1.54, 1.807) is 23.1 Å². The van der Waals surface area contributed by atoms with Gasteiger partial charge < -0.3 is 4.74 Å². The van der Waals surface area contributed by atoms with Crippen LogP contribution in [0.3, 0.4) is 0 Å². The average Bonchev–Trinajstić information content (AvgIpc) is 2.82. The number of carbonyl (C=O) groups excluding carboxylic acids is 1. The minimum atomic E-state index is -0.604. The highest BCUT2D eigenvalue weighted by molar-refractivity contribution is 8.01. The fourth-order valence-electron chi connectivity index (χ4n) is 2.17. The van der Waals surface area contributed by atoms with Crippen LogP contribution in [0.4, 0.5) is 0 Å². The molecule has 0 bridgehead atoms. The lowest BCUT2D eigenvalue weighted by molar-refractivity contribution is -0.148. The number of rotatable bonds is 9. The summed E-state index contributed by atoms with van der Waals surface area (Å²) in [5, 5.41) is 12.4. The Morgan fingerprint density at radius 1 is 1.43 bits per heavy atom. The largest absolute Gasteiger partial charge is 0.468 e. The molecule has 7 heteroatoms. The van der Waals surface area contributed by atoms with Gasteiger partial charge in [-0.15, -0.1) is 10.2 Å². The van der Waals surface area contributed by atoms with Crippen molar-refractivity contribution in [3.8, 4) is 0 Å². The molecule has 0 aromatic carbocycles. The number of thioether (sulfide) groups is 1. The second kappa shape index (κ2) is 8.70. The van der Waals surface area contributed by atoms with Gasteiger partial charge in [0, 0.05) is 11.8 Å². The third-order valence-corrected chi connectivity index (χ3v) is 5.11. The number of nitrogens with zero attached hydrogens (tertiary/aromatic N) is 2. The van der Waals surface area contributed by atoms with Crippen molar-refractivity contribution >= 4 is 29.1 Å². The highest BCUT2D eigenvalue weighted by Crippen LogP contribution is 2.24. The molecule has 1 rings (SSSR count). The number of methoxy groups -OCH3 is 1. The Kier molecular flexibility index (Phi) is 7.62. The Bertz CT molecular complexity index is 451. The first-order chi connectivity index (χ1) is 9.87. The maximum atomic E-state index is 12.0. The van der Waals surface area contributed by atoms with Gasteiger partial charge >= 0.3 is 5.97 Å². The number of nitrogens with one attached hydrogen (secondary N) is 1. The van der Waals surface area contributed by atoms with Crippen LogP contribution in [0.15, 0.2) is 4.34 Å². The van der Waals surface area contributed by atoms with Crippen LogP contribution in [-0.4, -0.2) is 40.6 Å². The van der Waals surface area contributed by atoms with E-state index in [0.717, 1.165) is 34.4 Å². The smallest absolute Gasteiger partial charge is 0.325 e. The molecule has 0 fully saturated rings. The van der Waals surface area contributed by atoms with Crippen molar-refractivity contribution in [1.29, 1.82) is 0 Å². The zero-order valence-electron chi connectivity index (χ0n) is 13.4. The molecule has 1 aromatic rings. The number of aryl methyl sites for hydroxylation is 1. The molecule has 0 radical (unpaired) electrons. The third-order valence-electron chi connectivity index (χ3n) is 3.05. The molecule has 1 heterocycles. The number of unbranched alkanes of at least 4 members (excludes halogenated alkanes) is 1. The monoisotopic (exact) mass is 331 g/mol. The van der Waals surface area contributed by atoms with Gasteiger partial charge in [0.1, 0.15) is 10.5 Å². The summed E-state index contributed by atoms with van der Waals surface area (Å²) in [6.45, 7) is 7.95. The normalized spacial score (nSPS) is 14.2. The number of ether oxygens (including phenoxy) is 1. The van der Waals surface area contributed by atoms with E-state index < -0.39 is 5.54 Å². The average molecular weight is 332 g/mol. The van der Waals surface area contributed by atoms with Crippen molar-refractivity contribution in [2.45, 2.75) is 62.9 Å². The predicted molar refractivity (Wildman–Crippen MR) is 87.9 cm³/mol. The Morgan fingerprint density at radius 3 is 2.67 bits per heavy atom. The quantitative estimate of drug-likeness (QED) is 0.426. The van der Waals surface area contributed by atoms with Crippen LogP contribution < -0.4 is 5.32 Å². The first kappa shape index (κ1) is 18.4. The first-order valence-electron chi connectivity index (χ1n) is 7.16. The lowest BCUT2D eigenvalue weighted by Gasteiger charge is -2.30. The van der Waals surface area contributed by atoms with Crippen molar-refractivity contribution in [1.82, 2.24) is 15.5 Å². The van der Waals surface area contributed by atoms with Gasteiger partial charge in [-0.3, -0.25) is 10.1 Å². The minimum absolute atomic E-state index is 0.191. The van der Waals surface area contributed by atoms with Crippen LogP contribution in [0.1, 0.15) is 45.0 Å². The summed E-state index contributed by atoms with van der Waals surface area (Å²) in [6.07, 6.45) is 2.78. The topological polar surface area (TPSA) is 64.1 Å². The molecule has 1 unspecified atom stereocenters. The molecule has 1 aromatic heterocycles. The molecule has 1 N–H and O–H groups in total. The molecule has 0 aliphatic heterocycles. The van der Waals surface area contributed by atoms with Crippen LogP contribution in [0, 0.1) is 6.92 Å². The van der Waals surface area contributed by atoms with E-state index in [9.17, 15) is 4.79 Å². The van der Waals surface area contributed by atoms with Gasteiger partial charge in [-0.05, 0) is 40.5 Å². The van der Waals surface area contributed by atoms with Crippen molar-refractivity contribution in [2.24, 2.45) is 0 Å². The summed E-state index contributed by atoms with van der Waals surface area (Å²) in [6, 6.07) is 0.243. The van der Waals surface area contributed by atoms with Gasteiger partial charge in [0.2, 0.25) is 0 Å². The third kappa shape index (κ3) is 6.32. The highest BCUT2D eigenvalue weighted by atomic mass is 32.2.